The third-order valence-electron chi connectivity index (χ3n) is 4.63. The molecule has 0 bridgehead atoms. The second kappa shape index (κ2) is 7.09. The molecule has 0 saturated heterocycles. The van der Waals surface area contributed by atoms with Crippen molar-refractivity contribution >= 4 is 40.3 Å². The summed E-state index contributed by atoms with van der Waals surface area (Å²) in [4.78, 5) is 31.3. The minimum absolute atomic E-state index is 0.108. The van der Waals surface area contributed by atoms with E-state index in [9.17, 15) is 4.79 Å². The van der Waals surface area contributed by atoms with Crippen molar-refractivity contribution in [3.63, 3.8) is 0 Å². The van der Waals surface area contributed by atoms with Crippen LogP contribution in [0.15, 0.2) is 34.2 Å². The van der Waals surface area contributed by atoms with Crippen molar-refractivity contribution in [3.05, 3.63) is 45.9 Å². The van der Waals surface area contributed by atoms with Gasteiger partial charge in [-0.25, -0.2) is 9.97 Å². The number of rotatable bonds is 6. The molecule has 0 aromatic carbocycles. The summed E-state index contributed by atoms with van der Waals surface area (Å²) in [5, 5.41) is 3.23. The van der Waals surface area contributed by atoms with Crippen molar-refractivity contribution in [2.75, 3.05) is 11.1 Å². The predicted octanol–water partition coefficient (Wildman–Crippen LogP) is 3.47. The van der Waals surface area contributed by atoms with Crippen LogP contribution in [-0.4, -0.2) is 30.3 Å². The van der Waals surface area contributed by atoms with Crippen LogP contribution < -0.4 is 10.9 Å². The summed E-state index contributed by atoms with van der Waals surface area (Å²) in [6, 6.07) is 3.99. The van der Waals surface area contributed by atoms with Gasteiger partial charge >= 0.3 is 0 Å². The van der Waals surface area contributed by atoms with Crippen molar-refractivity contribution in [2.45, 2.75) is 43.7 Å². The fraction of sp³-hybridized carbons (Fsp3) is 0.389. The monoisotopic (exact) mass is 402 g/mol. The maximum atomic E-state index is 13.1. The van der Waals surface area contributed by atoms with E-state index in [-0.39, 0.29) is 22.2 Å². The van der Waals surface area contributed by atoms with E-state index >= 15 is 0 Å². The Kier molecular flexibility index (Phi) is 4.77. The maximum absolute atomic E-state index is 13.1. The summed E-state index contributed by atoms with van der Waals surface area (Å²) in [6.45, 7) is 4.56. The zero-order chi connectivity index (χ0) is 19.0. The molecule has 0 unspecified atom stereocenters. The van der Waals surface area contributed by atoms with Gasteiger partial charge in [0.05, 0.1) is 18.4 Å². The van der Waals surface area contributed by atoms with Crippen LogP contribution >= 0.6 is 23.4 Å². The first kappa shape index (κ1) is 18.2. The summed E-state index contributed by atoms with van der Waals surface area (Å²) >= 11 is 7.68. The van der Waals surface area contributed by atoms with E-state index in [0.717, 1.165) is 29.2 Å². The largest absolute Gasteiger partial charge is 0.360 e. The van der Waals surface area contributed by atoms with Crippen LogP contribution in [-0.2, 0) is 12.1 Å². The third kappa shape index (κ3) is 3.64. The number of aromatic nitrogens is 5. The van der Waals surface area contributed by atoms with Gasteiger partial charge in [0.15, 0.2) is 11.5 Å². The number of hydrogen-bond acceptors (Lipinski definition) is 7. The molecule has 4 rings (SSSR count). The number of thioether (sulfide) groups is 1. The smallest absolute Gasteiger partial charge is 0.295 e. The molecule has 0 spiro atoms. The number of nitrogens with one attached hydrogen (secondary N) is 1. The first-order valence-corrected chi connectivity index (χ1v) is 10.1. The highest BCUT2D eigenvalue weighted by molar-refractivity contribution is 7.99. The Labute approximate surface area is 165 Å². The van der Waals surface area contributed by atoms with Gasteiger partial charge < -0.3 is 5.32 Å². The van der Waals surface area contributed by atoms with E-state index in [2.05, 4.69) is 32.2 Å². The number of hydrogen-bond donors (Lipinski definition) is 1. The van der Waals surface area contributed by atoms with E-state index in [1.165, 1.54) is 0 Å². The molecule has 1 N–H and O–H groups in total. The SMILES string of the molecule is CCSc1ccc(CNc2nc3cnc(Cl)nc3n(C3(C)CC3)c2=O)nc1. The number of nitrogens with zero attached hydrogens (tertiary/aromatic N) is 5. The van der Waals surface area contributed by atoms with Crippen LogP contribution in [0.25, 0.3) is 11.2 Å². The molecule has 1 saturated carbocycles. The summed E-state index contributed by atoms with van der Waals surface area (Å²) in [7, 11) is 0. The van der Waals surface area contributed by atoms with Gasteiger partial charge in [0.1, 0.15) is 5.52 Å². The first-order valence-electron chi connectivity index (χ1n) is 8.77. The molecular formula is C18H19ClN6OS. The lowest BCUT2D eigenvalue weighted by Crippen LogP contribution is -2.32. The highest BCUT2D eigenvalue weighted by Crippen LogP contribution is 2.43. The van der Waals surface area contributed by atoms with Crippen molar-refractivity contribution in [3.8, 4) is 0 Å². The summed E-state index contributed by atoms with van der Waals surface area (Å²) in [5.41, 5.74) is 1.41. The van der Waals surface area contributed by atoms with Gasteiger partial charge in [0, 0.05) is 16.6 Å². The minimum Gasteiger partial charge on any atom is -0.360 e. The van der Waals surface area contributed by atoms with E-state index in [1.807, 2.05) is 25.3 Å². The second-order valence-electron chi connectivity index (χ2n) is 6.72. The van der Waals surface area contributed by atoms with Crippen LogP contribution in [0.5, 0.6) is 0 Å². The van der Waals surface area contributed by atoms with E-state index in [0.29, 0.717) is 17.7 Å². The van der Waals surface area contributed by atoms with Crippen molar-refractivity contribution in [1.29, 1.82) is 0 Å². The van der Waals surface area contributed by atoms with E-state index < -0.39 is 0 Å². The molecule has 0 radical (unpaired) electrons. The van der Waals surface area contributed by atoms with E-state index in [4.69, 9.17) is 11.6 Å². The summed E-state index contributed by atoms with van der Waals surface area (Å²) < 4.78 is 1.69. The Morgan fingerprint density at radius 3 is 2.74 bits per heavy atom. The zero-order valence-corrected chi connectivity index (χ0v) is 16.6. The molecule has 1 fully saturated rings. The van der Waals surface area contributed by atoms with Gasteiger partial charge in [0.2, 0.25) is 5.28 Å². The number of pyridine rings is 1. The Morgan fingerprint density at radius 1 is 1.26 bits per heavy atom. The highest BCUT2D eigenvalue weighted by Gasteiger charge is 2.42. The second-order valence-corrected chi connectivity index (χ2v) is 8.39. The van der Waals surface area contributed by atoms with Gasteiger partial charge in [0.25, 0.3) is 5.56 Å². The number of halogens is 1. The predicted molar refractivity (Wildman–Crippen MR) is 107 cm³/mol. The van der Waals surface area contributed by atoms with Gasteiger partial charge in [-0.1, -0.05) is 6.92 Å². The lowest BCUT2D eigenvalue weighted by molar-refractivity contribution is 0.527. The molecule has 3 aromatic rings. The third-order valence-corrected chi connectivity index (χ3v) is 5.67. The molecule has 140 valence electrons. The Hall–Kier alpha value is -2.19. The van der Waals surface area contributed by atoms with Gasteiger partial charge in [-0.05, 0) is 49.3 Å². The Morgan fingerprint density at radius 2 is 2.07 bits per heavy atom. The minimum atomic E-state index is -0.246. The average Bonchev–Trinajstić information content (AvgIpc) is 3.39. The Balaban J connectivity index is 1.67. The lowest BCUT2D eigenvalue weighted by atomic mass is 10.3. The molecule has 0 amide bonds. The number of anilines is 1. The van der Waals surface area contributed by atoms with E-state index in [1.54, 1.807) is 22.5 Å². The number of fused-ring (bicyclic) bond motifs is 1. The van der Waals surface area contributed by atoms with Crippen molar-refractivity contribution < 1.29 is 0 Å². The molecule has 7 nitrogen and oxygen atoms in total. The normalized spacial score (nSPS) is 15.1. The molecular weight excluding hydrogens is 384 g/mol. The molecule has 3 aromatic heterocycles. The van der Waals surface area contributed by atoms with Crippen molar-refractivity contribution in [2.24, 2.45) is 0 Å². The fourth-order valence-corrected chi connectivity index (χ4v) is 3.68. The van der Waals surface area contributed by atoms with Gasteiger partial charge in [-0.15, -0.1) is 11.8 Å². The highest BCUT2D eigenvalue weighted by atomic mass is 35.5. The van der Waals surface area contributed by atoms with Gasteiger partial charge in [-0.2, -0.15) is 4.98 Å². The molecule has 9 heteroatoms. The molecule has 3 heterocycles. The molecule has 0 atom stereocenters. The Bertz CT molecular complexity index is 1050. The van der Waals surface area contributed by atoms with Crippen LogP contribution in [0, 0.1) is 0 Å². The van der Waals surface area contributed by atoms with Crippen LogP contribution in [0.4, 0.5) is 5.82 Å². The first-order chi connectivity index (χ1) is 13.0. The average molecular weight is 403 g/mol. The molecule has 1 aliphatic rings. The standard InChI is InChI=1S/C18H19ClN6OS/c1-3-27-12-5-4-11(20-9-12)8-21-14-16(26)25(18(2)6-7-18)15-13(23-14)10-22-17(19)24-15/h4-5,9-10H,3,6-8H2,1-2H3,(H,21,23). The van der Waals surface area contributed by atoms with Gasteiger partial charge in [-0.3, -0.25) is 14.3 Å². The topological polar surface area (TPSA) is 85.6 Å². The molecule has 1 aliphatic carbocycles. The maximum Gasteiger partial charge on any atom is 0.295 e. The summed E-state index contributed by atoms with van der Waals surface area (Å²) in [6.07, 6.45) is 5.24. The fourth-order valence-electron chi connectivity index (χ4n) is 2.92. The summed E-state index contributed by atoms with van der Waals surface area (Å²) in [5.74, 6) is 1.28. The molecule has 27 heavy (non-hydrogen) atoms. The molecule has 0 aliphatic heterocycles. The van der Waals surface area contributed by atoms with Crippen LogP contribution in [0.3, 0.4) is 0 Å². The lowest BCUT2D eigenvalue weighted by Gasteiger charge is -2.17. The zero-order valence-electron chi connectivity index (χ0n) is 15.1. The van der Waals surface area contributed by atoms with Crippen LogP contribution in [0.1, 0.15) is 32.4 Å². The quantitative estimate of drug-likeness (QED) is 0.499. The van der Waals surface area contributed by atoms with Crippen molar-refractivity contribution in [1.82, 2.24) is 24.5 Å². The van der Waals surface area contributed by atoms with Crippen LogP contribution in [0.2, 0.25) is 5.28 Å².